The van der Waals surface area contributed by atoms with Crippen LogP contribution in [0.25, 0.3) is 5.69 Å². The van der Waals surface area contributed by atoms with E-state index in [4.69, 9.17) is 0 Å². The molecule has 0 spiro atoms. The van der Waals surface area contributed by atoms with Gasteiger partial charge in [0.05, 0.1) is 34.9 Å². The lowest BCUT2D eigenvalue weighted by atomic mass is 10.1. The quantitative estimate of drug-likeness (QED) is 0.620. The predicted octanol–water partition coefficient (Wildman–Crippen LogP) is 2.40. The largest absolute Gasteiger partial charge is 0.364 e. The fourth-order valence-electron chi connectivity index (χ4n) is 4.16. The van der Waals surface area contributed by atoms with Crippen LogP contribution >= 0.6 is 0 Å². The monoisotopic (exact) mass is 446 g/mol. The SMILES string of the molecule is CNC(=O)c1cnc(N(C)C(=O)C2CC2)cc1Nc1cccc2c1N(C)Cc1nc(C)nn1-2. The lowest BCUT2D eigenvalue weighted by molar-refractivity contribution is -0.119. The second-order valence-electron chi connectivity index (χ2n) is 8.48. The number of rotatable bonds is 5. The number of nitrogens with one attached hydrogen (secondary N) is 2. The third kappa shape index (κ3) is 3.67. The molecule has 3 aromatic rings. The molecule has 10 nitrogen and oxygen atoms in total. The smallest absolute Gasteiger partial charge is 0.254 e. The second kappa shape index (κ2) is 7.88. The number of fused-ring (bicyclic) bond motifs is 3. The molecule has 33 heavy (non-hydrogen) atoms. The van der Waals surface area contributed by atoms with E-state index in [0.717, 1.165) is 35.7 Å². The first-order valence-electron chi connectivity index (χ1n) is 10.9. The summed E-state index contributed by atoms with van der Waals surface area (Å²) in [6, 6.07) is 7.63. The third-order valence-electron chi connectivity index (χ3n) is 6.01. The van der Waals surface area contributed by atoms with Crippen molar-refractivity contribution in [1.29, 1.82) is 0 Å². The molecule has 5 rings (SSSR count). The highest BCUT2D eigenvalue weighted by Gasteiger charge is 2.33. The molecule has 2 aliphatic rings. The normalized spacial score (nSPS) is 14.4. The minimum absolute atomic E-state index is 0.0482. The maximum Gasteiger partial charge on any atom is 0.254 e. The fraction of sp³-hybridized carbons (Fsp3) is 0.348. The summed E-state index contributed by atoms with van der Waals surface area (Å²) in [4.78, 5) is 37.7. The van der Waals surface area contributed by atoms with E-state index in [9.17, 15) is 9.59 Å². The van der Waals surface area contributed by atoms with Crippen LogP contribution in [0.4, 0.5) is 22.9 Å². The maximum atomic E-state index is 12.6. The lowest BCUT2D eigenvalue weighted by Crippen LogP contribution is -2.29. The molecule has 0 bridgehead atoms. The first kappa shape index (κ1) is 20.9. The first-order chi connectivity index (χ1) is 15.9. The van der Waals surface area contributed by atoms with Crippen LogP contribution in [0.15, 0.2) is 30.5 Å². The number of pyridine rings is 1. The number of hydrogen-bond acceptors (Lipinski definition) is 7. The van der Waals surface area contributed by atoms with E-state index < -0.39 is 0 Å². The molecule has 0 radical (unpaired) electrons. The van der Waals surface area contributed by atoms with Gasteiger partial charge in [-0.1, -0.05) is 6.07 Å². The average molecular weight is 447 g/mol. The molecule has 2 aromatic heterocycles. The molecule has 0 atom stereocenters. The van der Waals surface area contributed by atoms with Gasteiger partial charge in [0, 0.05) is 39.3 Å². The van der Waals surface area contributed by atoms with Gasteiger partial charge in [0.1, 0.15) is 11.6 Å². The van der Waals surface area contributed by atoms with Crippen molar-refractivity contribution >= 4 is 34.7 Å². The Labute approximate surface area is 191 Å². The number of aryl methyl sites for hydroxylation is 1. The Morgan fingerprint density at radius 3 is 2.73 bits per heavy atom. The number of para-hydroxylation sites is 1. The van der Waals surface area contributed by atoms with Crippen molar-refractivity contribution in [2.24, 2.45) is 5.92 Å². The number of hydrogen-bond donors (Lipinski definition) is 2. The number of amides is 2. The van der Waals surface area contributed by atoms with Gasteiger partial charge >= 0.3 is 0 Å². The molecule has 0 saturated heterocycles. The highest BCUT2D eigenvalue weighted by Crippen LogP contribution is 2.39. The predicted molar refractivity (Wildman–Crippen MR) is 125 cm³/mol. The Morgan fingerprint density at radius 1 is 1.21 bits per heavy atom. The van der Waals surface area contributed by atoms with Crippen molar-refractivity contribution in [3.63, 3.8) is 0 Å². The standard InChI is InChI=1S/C23H26N8O2/c1-13-26-20-12-29(3)21-16(6-5-7-18(21)31(20)28-13)27-17-10-19(25-11-15(17)22(32)24-2)30(4)23(33)14-8-9-14/h5-7,10-11,14H,8-9,12H2,1-4H3,(H,24,32)(H,25,27). The number of carbonyl (C=O) groups excluding carboxylic acids is 2. The molecule has 10 heteroatoms. The minimum atomic E-state index is -0.264. The van der Waals surface area contributed by atoms with Gasteiger partial charge in [0.15, 0.2) is 5.82 Å². The van der Waals surface area contributed by atoms with Crippen LogP contribution in [-0.2, 0) is 11.3 Å². The Kier molecular flexibility index (Phi) is 4.99. The van der Waals surface area contributed by atoms with E-state index >= 15 is 0 Å². The zero-order valence-electron chi connectivity index (χ0n) is 19.1. The summed E-state index contributed by atoms with van der Waals surface area (Å²) in [7, 11) is 5.30. The van der Waals surface area contributed by atoms with Gasteiger partial charge in [-0.3, -0.25) is 14.5 Å². The van der Waals surface area contributed by atoms with Crippen molar-refractivity contribution in [3.8, 4) is 5.69 Å². The molecule has 2 amide bonds. The molecule has 170 valence electrons. The van der Waals surface area contributed by atoms with E-state index in [1.54, 1.807) is 25.1 Å². The highest BCUT2D eigenvalue weighted by molar-refractivity contribution is 6.02. The van der Waals surface area contributed by atoms with Gasteiger partial charge in [-0.05, 0) is 31.9 Å². The molecule has 1 aromatic carbocycles. The molecule has 3 heterocycles. The number of nitrogens with zero attached hydrogens (tertiary/aromatic N) is 6. The maximum absolute atomic E-state index is 12.6. The summed E-state index contributed by atoms with van der Waals surface area (Å²) in [6.45, 7) is 2.48. The van der Waals surface area contributed by atoms with Crippen LogP contribution in [0.3, 0.4) is 0 Å². The molecule has 1 saturated carbocycles. The van der Waals surface area contributed by atoms with Crippen molar-refractivity contribution in [3.05, 3.63) is 47.7 Å². The topological polar surface area (TPSA) is 108 Å². The molecule has 1 fully saturated rings. The van der Waals surface area contributed by atoms with Gasteiger partial charge in [-0.2, -0.15) is 5.10 Å². The van der Waals surface area contributed by atoms with E-state index in [0.29, 0.717) is 29.4 Å². The van der Waals surface area contributed by atoms with Crippen molar-refractivity contribution in [2.45, 2.75) is 26.3 Å². The molecule has 1 aliphatic heterocycles. The zero-order chi connectivity index (χ0) is 23.3. The molecule has 0 unspecified atom stereocenters. The van der Waals surface area contributed by atoms with Crippen molar-refractivity contribution < 1.29 is 9.59 Å². The van der Waals surface area contributed by atoms with Crippen molar-refractivity contribution in [2.75, 3.05) is 36.3 Å². The van der Waals surface area contributed by atoms with Crippen LogP contribution < -0.4 is 20.4 Å². The van der Waals surface area contributed by atoms with E-state index in [-0.39, 0.29) is 17.7 Å². The lowest BCUT2D eigenvalue weighted by Gasteiger charge is -2.30. The third-order valence-corrected chi connectivity index (χ3v) is 6.01. The van der Waals surface area contributed by atoms with Crippen LogP contribution in [0.2, 0.25) is 0 Å². The van der Waals surface area contributed by atoms with Crippen LogP contribution in [0.1, 0.15) is 34.8 Å². The van der Waals surface area contributed by atoms with Crippen LogP contribution in [-0.4, -0.2) is 52.7 Å². The number of carbonyl (C=O) groups is 2. The summed E-state index contributed by atoms with van der Waals surface area (Å²) < 4.78 is 1.86. The fourth-order valence-corrected chi connectivity index (χ4v) is 4.16. The van der Waals surface area contributed by atoms with Crippen LogP contribution in [0, 0.1) is 12.8 Å². The minimum Gasteiger partial charge on any atom is -0.364 e. The number of benzene rings is 1. The summed E-state index contributed by atoms with van der Waals surface area (Å²) in [6.07, 6.45) is 3.33. The van der Waals surface area contributed by atoms with Gasteiger partial charge in [0.25, 0.3) is 5.91 Å². The Hall–Kier alpha value is -3.95. The van der Waals surface area contributed by atoms with Crippen molar-refractivity contribution in [1.82, 2.24) is 25.1 Å². The molecular weight excluding hydrogens is 420 g/mol. The summed E-state index contributed by atoms with van der Waals surface area (Å²) in [5.41, 5.74) is 3.62. The van der Waals surface area contributed by atoms with E-state index in [1.807, 2.05) is 36.9 Å². The number of aromatic nitrogens is 4. The summed E-state index contributed by atoms with van der Waals surface area (Å²) >= 11 is 0. The Bertz CT molecular complexity index is 1260. The highest BCUT2D eigenvalue weighted by atomic mass is 16.2. The zero-order valence-corrected chi connectivity index (χ0v) is 19.1. The Balaban J connectivity index is 1.57. The summed E-state index contributed by atoms with van der Waals surface area (Å²) in [5.74, 6) is 1.94. The van der Waals surface area contributed by atoms with E-state index in [1.165, 1.54) is 6.20 Å². The Morgan fingerprint density at radius 2 is 2.00 bits per heavy atom. The van der Waals surface area contributed by atoms with Gasteiger partial charge < -0.3 is 15.5 Å². The van der Waals surface area contributed by atoms with E-state index in [2.05, 4.69) is 30.6 Å². The van der Waals surface area contributed by atoms with Crippen LogP contribution in [0.5, 0.6) is 0 Å². The van der Waals surface area contributed by atoms with Gasteiger partial charge in [-0.25, -0.2) is 14.6 Å². The molecule has 1 aliphatic carbocycles. The molecule has 2 N–H and O–H groups in total. The first-order valence-corrected chi connectivity index (χ1v) is 10.9. The second-order valence-corrected chi connectivity index (χ2v) is 8.48. The van der Waals surface area contributed by atoms with Gasteiger partial charge in [0.2, 0.25) is 5.91 Å². The molecular formula is C23H26N8O2. The van der Waals surface area contributed by atoms with Gasteiger partial charge in [-0.15, -0.1) is 0 Å². The average Bonchev–Trinajstić information content (AvgIpc) is 3.59. The summed E-state index contributed by atoms with van der Waals surface area (Å²) in [5, 5.41) is 10.6. The number of anilines is 4.